The van der Waals surface area contributed by atoms with Gasteiger partial charge in [-0.1, -0.05) is 24.3 Å². The van der Waals surface area contributed by atoms with Gasteiger partial charge in [0.1, 0.15) is 11.2 Å². The third-order valence-electron chi connectivity index (χ3n) is 4.85. The average Bonchev–Trinajstić information content (AvgIpc) is 3.07. The molecule has 1 aliphatic heterocycles. The van der Waals surface area contributed by atoms with Crippen LogP contribution in [0.5, 0.6) is 0 Å². The number of benzene rings is 2. The second-order valence-electron chi connectivity index (χ2n) is 6.84. The van der Waals surface area contributed by atoms with Crippen LogP contribution in [0.25, 0.3) is 10.2 Å². The normalized spacial score (nSPS) is 16.8. The van der Waals surface area contributed by atoms with E-state index < -0.39 is 11.7 Å². The predicted molar refractivity (Wildman–Crippen MR) is 115 cm³/mol. The Bertz CT molecular complexity index is 1210. The molecular weight excluding hydrogens is 427 g/mol. The Morgan fingerprint density at radius 3 is 2.57 bits per heavy atom. The highest BCUT2D eigenvalue weighted by Crippen LogP contribution is 2.47. The molecule has 0 bridgehead atoms. The fraction of sp³-hybridized carbons (Fsp3) is 0.136. The molecular formula is C22H14F3N3S2. The number of nitrogens with zero attached hydrogens (tertiary/aromatic N) is 3. The Hall–Kier alpha value is -2.71. The molecule has 8 heteroatoms. The van der Waals surface area contributed by atoms with E-state index in [1.54, 1.807) is 29.3 Å². The molecule has 0 spiro atoms. The Balaban J connectivity index is 1.57. The molecule has 150 valence electrons. The van der Waals surface area contributed by atoms with Crippen molar-refractivity contribution in [1.29, 1.82) is 0 Å². The van der Waals surface area contributed by atoms with Crippen LogP contribution >= 0.6 is 23.1 Å². The van der Waals surface area contributed by atoms with E-state index in [1.165, 1.54) is 18.5 Å². The van der Waals surface area contributed by atoms with E-state index in [0.717, 1.165) is 43.5 Å². The average molecular weight is 442 g/mol. The molecule has 2 aromatic carbocycles. The fourth-order valence-corrected chi connectivity index (χ4v) is 5.74. The number of alkyl halides is 3. The lowest BCUT2D eigenvalue weighted by Gasteiger charge is -2.14. The number of hydrogen-bond acceptors (Lipinski definition) is 5. The van der Waals surface area contributed by atoms with Crippen LogP contribution in [-0.4, -0.2) is 15.7 Å². The summed E-state index contributed by atoms with van der Waals surface area (Å²) in [4.78, 5) is 16.4. The van der Waals surface area contributed by atoms with E-state index >= 15 is 0 Å². The van der Waals surface area contributed by atoms with Gasteiger partial charge in [0.25, 0.3) is 0 Å². The van der Waals surface area contributed by atoms with E-state index in [-0.39, 0.29) is 5.25 Å². The summed E-state index contributed by atoms with van der Waals surface area (Å²) in [5.74, 6) is 0. The monoisotopic (exact) mass is 441 g/mol. The van der Waals surface area contributed by atoms with Gasteiger partial charge in [0.2, 0.25) is 0 Å². The number of thiophene rings is 1. The van der Waals surface area contributed by atoms with Crippen LogP contribution in [0.2, 0.25) is 0 Å². The van der Waals surface area contributed by atoms with Crippen LogP contribution in [0.1, 0.15) is 27.7 Å². The Labute approximate surface area is 178 Å². The first-order chi connectivity index (χ1) is 14.5. The highest BCUT2D eigenvalue weighted by Gasteiger charge is 2.30. The van der Waals surface area contributed by atoms with Crippen molar-refractivity contribution in [1.82, 2.24) is 9.97 Å². The smallest absolute Gasteiger partial charge is 0.252 e. The second kappa shape index (κ2) is 7.52. The van der Waals surface area contributed by atoms with E-state index in [1.807, 2.05) is 24.3 Å². The predicted octanol–water partition coefficient (Wildman–Crippen LogP) is 7.07. The third kappa shape index (κ3) is 3.73. The maximum atomic E-state index is 13.0. The van der Waals surface area contributed by atoms with Crippen molar-refractivity contribution in [2.45, 2.75) is 22.7 Å². The third-order valence-corrected chi connectivity index (χ3v) is 7.47. The first-order valence-corrected chi connectivity index (χ1v) is 10.9. The maximum absolute atomic E-state index is 13.0. The molecule has 2 aromatic heterocycles. The van der Waals surface area contributed by atoms with Gasteiger partial charge >= 0.3 is 6.18 Å². The minimum Gasteiger partial charge on any atom is -0.252 e. The summed E-state index contributed by atoms with van der Waals surface area (Å²) in [6.07, 6.45) is -0.423. The van der Waals surface area contributed by atoms with E-state index in [4.69, 9.17) is 4.99 Å². The number of fused-ring (bicyclic) bond motifs is 2. The van der Waals surface area contributed by atoms with E-state index in [9.17, 15) is 13.2 Å². The van der Waals surface area contributed by atoms with Crippen molar-refractivity contribution < 1.29 is 13.2 Å². The molecule has 3 nitrogen and oxygen atoms in total. The zero-order valence-electron chi connectivity index (χ0n) is 15.4. The van der Waals surface area contributed by atoms with E-state index in [2.05, 4.69) is 16.0 Å². The lowest BCUT2D eigenvalue weighted by Crippen LogP contribution is -2.07. The topological polar surface area (TPSA) is 38.1 Å². The van der Waals surface area contributed by atoms with Crippen molar-refractivity contribution in [3.8, 4) is 0 Å². The van der Waals surface area contributed by atoms with Gasteiger partial charge in [0.05, 0.1) is 11.3 Å². The fourth-order valence-electron chi connectivity index (χ4n) is 3.37. The second-order valence-corrected chi connectivity index (χ2v) is 9.15. The zero-order chi connectivity index (χ0) is 20.7. The van der Waals surface area contributed by atoms with Gasteiger partial charge < -0.3 is 0 Å². The summed E-state index contributed by atoms with van der Waals surface area (Å²) in [6, 6.07) is 15.2. The van der Waals surface area contributed by atoms with Gasteiger partial charge in [0.15, 0.2) is 0 Å². The van der Waals surface area contributed by atoms with Crippen molar-refractivity contribution in [2.75, 3.05) is 0 Å². The first-order valence-electron chi connectivity index (χ1n) is 9.18. The molecule has 5 rings (SSSR count). The first kappa shape index (κ1) is 19.3. The number of aromatic nitrogens is 2. The summed E-state index contributed by atoms with van der Waals surface area (Å²) in [7, 11) is 0. The Morgan fingerprint density at radius 2 is 1.80 bits per heavy atom. The Morgan fingerprint density at radius 1 is 1.00 bits per heavy atom. The number of para-hydroxylation sites is 1. The van der Waals surface area contributed by atoms with Gasteiger partial charge in [0, 0.05) is 38.7 Å². The van der Waals surface area contributed by atoms with Gasteiger partial charge in [-0.25, -0.2) is 9.97 Å². The number of aliphatic imine (C=N–C) groups is 1. The number of hydrogen-bond donors (Lipinski definition) is 0. The van der Waals surface area contributed by atoms with Crippen LogP contribution < -0.4 is 0 Å². The molecule has 0 saturated heterocycles. The summed E-state index contributed by atoms with van der Waals surface area (Å²) < 4.78 is 38.9. The number of thioether (sulfide) groups is 1. The summed E-state index contributed by atoms with van der Waals surface area (Å²) >= 11 is 3.33. The summed E-state index contributed by atoms with van der Waals surface area (Å²) in [6.45, 7) is 0. The van der Waals surface area contributed by atoms with Crippen LogP contribution in [0, 0.1) is 0 Å². The molecule has 0 amide bonds. The molecule has 0 N–H and O–H groups in total. The summed E-state index contributed by atoms with van der Waals surface area (Å²) in [5.41, 5.74) is 1.65. The minimum absolute atomic E-state index is 0.0777. The molecule has 1 atom stereocenters. The molecule has 30 heavy (non-hydrogen) atoms. The van der Waals surface area contributed by atoms with Gasteiger partial charge in [-0.15, -0.1) is 23.1 Å². The lowest BCUT2D eigenvalue weighted by atomic mass is 10.0. The number of rotatable bonds is 2. The maximum Gasteiger partial charge on any atom is 0.416 e. The SMILES string of the molecule is FC(F)(F)c1ccc(C2=Nc3ccccc3SC(c3cc4cncnc4s3)C2)cc1. The van der Waals surface area contributed by atoms with Crippen molar-refractivity contribution in [2.24, 2.45) is 4.99 Å². The standard InChI is InChI=1S/C22H14F3N3S2/c23-22(24,25)15-7-5-13(6-8-15)17-10-20(29-18-4-2-1-3-16(18)28-17)19-9-14-11-26-12-27-21(14)30-19/h1-9,11-12,20H,10H2. The van der Waals surface area contributed by atoms with Gasteiger partial charge in [-0.2, -0.15) is 13.2 Å². The molecule has 0 radical (unpaired) electrons. The van der Waals surface area contributed by atoms with Crippen molar-refractivity contribution in [3.63, 3.8) is 0 Å². The summed E-state index contributed by atoms with van der Waals surface area (Å²) in [5, 5.41) is 1.07. The molecule has 0 fully saturated rings. The quantitative estimate of drug-likeness (QED) is 0.334. The lowest BCUT2D eigenvalue weighted by molar-refractivity contribution is -0.137. The van der Waals surface area contributed by atoms with E-state index in [0.29, 0.717) is 12.0 Å². The molecule has 4 aromatic rings. The van der Waals surface area contributed by atoms with Gasteiger partial charge in [-0.05, 0) is 35.9 Å². The van der Waals surface area contributed by atoms with Crippen LogP contribution in [0.15, 0.2) is 77.0 Å². The molecule has 0 aliphatic carbocycles. The molecule has 1 unspecified atom stereocenters. The van der Waals surface area contributed by atoms with Crippen LogP contribution in [-0.2, 0) is 6.18 Å². The zero-order valence-corrected chi connectivity index (χ0v) is 17.1. The highest BCUT2D eigenvalue weighted by molar-refractivity contribution is 7.99. The minimum atomic E-state index is -4.35. The highest BCUT2D eigenvalue weighted by atomic mass is 32.2. The van der Waals surface area contributed by atoms with Crippen molar-refractivity contribution >= 4 is 44.7 Å². The van der Waals surface area contributed by atoms with Crippen LogP contribution in [0.3, 0.4) is 0 Å². The van der Waals surface area contributed by atoms with Crippen LogP contribution in [0.4, 0.5) is 18.9 Å². The molecule has 1 aliphatic rings. The molecule has 0 saturated carbocycles. The largest absolute Gasteiger partial charge is 0.416 e. The van der Waals surface area contributed by atoms with Gasteiger partial charge in [-0.3, -0.25) is 4.99 Å². The number of halogens is 3. The van der Waals surface area contributed by atoms with Crippen molar-refractivity contribution in [3.05, 3.63) is 83.1 Å². The molecule has 3 heterocycles. The Kier molecular flexibility index (Phi) is 4.83.